The Bertz CT molecular complexity index is 1350. The van der Waals surface area contributed by atoms with Crippen LogP contribution in [0.15, 0.2) is 42.9 Å². The van der Waals surface area contributed by atoms with Crippen LogP contribution in [0, 0.1) is 5.92 Å². The molecule has 1 aliphatic rings. The summed E-state index contributed by atoms with van der Waals surface area (Å²) in [6.45, 7) is 4.12. The van der Waals surface area contributed by atoms with Crippen molar-refractivity contribution in [3.05, 3.63) is 54.1 Å². The molecule has 7 N–H and O–H groups in total. The second kappa shape index (κ2) is 17.3. The smallest absolute Gasteiger partial charge is 0.271 e. The van der Waals surface area contributed by atoms with Gasteiger partial charge < -0.3 is 37.1 Å². The molecule has 0 saturated carbocycles. The summed E-state index contributed by atoms with van der Waals surface area (Å²) < 4.78 is 5.78. The van der Waals surface area contributed by atoms with Crippen LogP contribution in [0.5, 0.6) is 5.75 Å². The quantitative estimate of drug-likeness (QED) is 0.199. The highest BCUT2D eigenvalue weighted by Crippen LogP contribution is 2.19. The predicted molar refractivity (Wildman–Crippen MR) is 162 cm³/mol. The highest BCUT2D eigenvalue weighted by Gasteiger charge is 2.32. The van der Waals surface area contributed by atoms with Crippen molar-refractivity contribution in [2.75, 3.05) is 19.7 Å². The van der Waals surface area contributed by atoms with Crippen LogP contribution in [0.1, 0.15) is 66.8 Å². The molecule has 15 heteroatoms. The number of ether oxygens (including phenoxy) is 1. The standard InChI is InChI=1S/C30H40N8O7/c1-18(2)25-30(44)36-20(9-5-6-11-34-28(42)22-17-32-13-14-33-22)27(41)35-12-7-15-45-23-10-4-3-8-19(23)26(40)37-21(16-24(31)39)29(43)38-25/h3-4,8,10,13-14,17-18,20-21,25H,5-7,9,11-12,15-16H2,1-2H3,(H2,31,39)(H,34,42)(H,35,41)(H,36,44)(H,37,40)(H,38,43)/t20-,21-,25+/m0/s1. The summed E-state index contributed by atoms with van der Waals surface area (Å²) >= 11 is 0. The number of hydrogen-bond donors (Lipinski definition) is 6. The van der Waals surface area contributed by atoms with E-state index in [-0.39, 0.29) is 42.5 Å². The van der Waals surface area contributed by atoms with Crippen molar-refractivity contribution in [1.29, 1.82) is 0 Å². The molecule has 1 aliphatic heterocycles. The van der Waals surface area contributed by atoms with Crippen molar-refractivity contribution < 1.29 is 33.5 Å². The van der Waals surface area contributed by atoms with E-state index in [1.165, 1.54) is 24.7 Å². The van der Waals surface area contributed by atoms with Gasteiger partial charge in [-0.05, 0) is 43.7 Å². The number of fused-ring (bicyclic) bond motifs is 1. The molecule has 1 aromatic heterocycles. The molecule has 242 valence electrons. The number of nitrogens with one attached hydrogen (secondary N) is 5. The molecule has 6 amide bonds. The first-order chi connectivity index (χ1) is 21.6. The van der Waals surface area contributed by atoms with Gasteiger partial charge in [-0.2, -0.15) is 0 Å². The van der Waals surface area contributed by atoms with Crippen LogP contribution in [0.4, 0.5) is 0 Å². The van der Waals surface area contributed by atoms with E-state index in [2.05, 4.69) is 36.6 Å². The summed E-state index contributed by atoms with van der Waals surface area (Å²) in [5, 5.41) is 13.4. The van der Waals surface area contributed by atoms with Gasteiger partial charge in [0.05, 0.1) is 24.8 Å². The van der Waals surface area contributed by atoms with Gasteiger partial charge in [0.15, 0.2) is 0 Å². The van der Waals surface area contributed by atoms with Crippen molar-refractivity contribution in [1.82, 2.24) is 36.6 Å². The highest BCUT2D eigenvalue weighted by atomic mass is 16.5. The van der Waals surface area contributed by atoms with E-state index in [0.29, 0.717) is 25.8 Å². The number of carbonyl (C=O) groups excluding carboxylic acids is 6. The molecule has 2 heterocycles. The van der Waals surface area contributed by atoms with Gasteiger partial charge >= 0.3 is 0 Å². The summed E-state index contributed by atoms with van der Waals surface area (Å²) in [6.07, 6.45) is 5.36. The summed E-state index contributed by atoms with van der Waals surface area (Å²) in [5.74, 6) is -3.87. The summed E-state index contributed by atoms with van der Waals surface area (Å²) in [7, 11) is 0. The monoisotopic (exact) mass is 624 g/mol. The third-order valence-corrected chi connectivity index (χ3v) is 6.92. The first-order valence-electron chi connectivity index (χ1n) is 14.8. The SMILES string of the molecule is CC(C)[C@H]1NC(=O)[C@H](CC(N)=O)NC(=O)c2ccccc2OCCCNC(=O)[C@H](CCCCNC(=O)c2cnccn2)NC1=O. The number of benzene rings is 1. The van der Waals surface area contributed by atoms with E-state index in [9.17, 15) is 28.8 Å². The second-order valence-electron chi connectivity index (χ2n) is 10.8. The zero-order chi connectivity index (χ0) is 32.8. The Morgan fingerprint density at radius 1 is 1.00 bits per heavy atom. The predicted octanol–water partition coefficient (Wildman–Crippen LogP) is -0.425. The maximum absolute atomic E-state index is 13.4. The van der Waals surface area contributed by atoms with Gasteiger partial charge in [-0.15, -0.1) is 0 Å². The average molecular weight is 625 g/mol. The van der Waals surface area contributed by atoms with Crippen molar-refractivity contribution in [2.45, 2.75) is 64.1 Å². The molecule has 0 fully saturated rings. The van der Waals surface area contributed by atoms with E-state index in [0.717, 1.165) is 0 Å². The van der Waals surface area contributed by atoms with Crippen LogP contribution in [0.2, 0.25) is 0 Å². The lowest BCUT2D eigenvalue weighted by Gasteiger charge is -2.27. The number of unbranched alkanes of at least 4 members (excludes halogenated alkanes) is 1. The Kier molecular flexibility index (Phi) is 13.2. The average Bonchev–Trinajstić information content (AvgIpc) is 3.01. The number of hydrogen-bond acceptors (Lipinski definition) is 9. The molecule has 3 atom stereocenters. The van der Waals surface area contributed by atoms with Crippen LogP contribution in [0.25, 0.3) is 0 Å². The van der Waals surface area contributed by atoms with Crippen molar-refractivity contribution >= 4 is 35.4 Å². The van der Waals surface area contributed by atoms with Gasteiger partial charge in [-0.1, -0.05) is 26.0 Å². The largest absolute Gasteiger partial charge is 0.493 e. The molecular weight excluding hydrogens is 584 g/mol. The third-order valence-electron chi connectivity index (χ3n) is 6.92. The van der Waals surface area contributed by atoms with Gasteiger partial charge in [0.2, 0.25) is 23.6 Å². The third kappa shape index (κ3) is 10.9. The fourth-order valence-electron chi connectivity index (χ4n) is 4.52. The maximum Gasteiger partial charge on any atom is 0.271 e. The minimum Gasteiger partial charge on any atom is -0.493 e. The van der Waals surface area contributed by atoms with Gasteiger partial charge in [-0.3, -0.25) is 33.8 Å². The minimum atomic E-state index is -1.37. The molecule has 3 rings (SSSR count). The Morgan fingerprint density at radius 3 is 2.49 bits per heavy atom. The van der Waals surface area contributed by atoms with Gasteiger partial charge in [0, 0.05) is 25.5 Å². The topological polar surface area (TPSA) is 224 Å². The fourth-order valence-corrected chi connectivity index (χ4v) is 4.52. The number of primary amides is 1. The lowest BCUT2D eigenvalue weighted by Crippen LogP contribution is -2.58. The summed E-state index contributed by atoms with van der Waals surface area (Å²) in [4.78, 5) is 84.8. The van der Waals surface area contributed by atoms with Crippen LogP contribution in [0.3, 0.4) is 0 Å². The van der Waals surface area contributed by atoms with Gasteiger partial charge in [0.25, 0.3) is 11.8 Å². The Morgan fingerprint density at radius 2 is 1.78 bits per heavy atom. The molecule has 45 heavy (non-hydrogen) atoms. The molecule has 0 saturated heterocycles. The molecule has 0 spiro atoms. The molecule has 0 aliphatic carbocycles. The van der Waals surface area contributed by atoms with Crippen LogP contribution in [-0.2, 0) is 19.2 Å². The van der Waals surface area contributed by atoms with Crippen LogP contribution in [-0.4, -0.2) is 83.2 Å². The lowest BCUT2D eigenvalue weighted by molar-refractivity contribution is -0.134. The maximum atomic E-state index is 13.4. The van der Waals surface area contributed by atoms with Crippen LogP contribution < -0.4 is 37.1 Å². The van der Waals surface area contributed by atoms with E-state index in [1.54, 1.807) is 32.0 Å². The molecule has 2 aromatic rings. The normalized spacial score (nSPS) is 19.9. The minimum absolute atomic E-state index is 0.138. The summed E-state index contributed by atoms with van der Waals surface area (Å²) in [6, 6.07) is 3.00. The molecular formula is C30H40N8O7. The number of rotatable bonds is 9. The molecule has 0 unspecified atom stereocenters. The van der Waals surface area contributed by atoms with Crippen molar-refractivity contribution in [2.24, 2.45) is 11.7 Å². The number of nitrogens with zero attached hydrogens (tertiary/aromatic N) is 2. The summed E-state index contributed by atoms with van der Waals surface area (Å²) in [5.41, 5.74) is 5.69. The van der Waals surface area contributed by atoms with E-state index >= 15 is 0 Å². The molecule has 0 radical (unpaired) electrons. The number of aromatic nitrogens is 2. The number of amides is 6. The van der Waals surface area contributed by atoms with Crippen molar-refractivity contribution in [3.63, 3.8) is 0 Å². The Hall–Kier alpha value is -5.08. The number of nitrogens with two attached hydrogens (primary N) is 1. The first-order valence-corrected chi connectivity index (χ1v) is 14.8. The fraction of sp³-hybridized carbons (Fsp3) is 0.467. The molecule has 0 bridgehead atoms. The molecule has 1 aromatic carbocycles. The first kappa shape index (κ1) is 34.4. The van der Waals surface area contributed by atoms with Gasteiger partial charge in [0.1, 0.15) is 29.6 Å². The second-order valence-corrected chi connectivity index (χ2v) is 10.8. The Balaban J connectivity index is 1.75. The zero-order valence-corrected chi connectivity index (χ0v) is 25.3. The van der Waals surface area contributed by atoms with Crippen molar-refractivity contribution in [3.8, 4) is 5.75 Å². The highest BCUT2D eigenvalue weighted by molar-refractivity contribution is 6.01. The van der Waals surface area contributed by atoms with E-state index in [1.807, 2.05) is 0 Å². The molecule has 15 nitrogen and oxygen atoms in total. The van der Waals surface area contributed by atoms with E-state index < -0.39 is 60.0 Å². The lowest BCUT2D eigenvalue weighted by atomic mass is 10.0. The number of para-hydroxylation sites is 1. The number of carbonyl (C=O) groups is 6. The zero-order valence-electron chi connectivity index (χ0n) is 25.3. The van der Waals surface area contributed by atoms with E-state index in [4.69, 9.17) is 10.5 Å². The Labute approximate surface area is 260 Å². The van der Waals surface area contributed by atoms with Gasteiger partial charge in [-0.25, -0.2) is 4.98 Å². The van der Waals surface area contributed by atoms with Crippen LogP contribution >= 0.6 is 0 Å².